The van der Waals surface area contributed by atoms with Crippen LogP contribution in [0.15, 0.2) is 60.7 Å². The van der Waals surface area contributed by atoms with Gasteiger partial charge < -0.3 is 14.8 Å². The van der Waals surface area contributed by atoms with Crippen LogP contribution in [0.3, 0.4) is 0 Å². The lowest BCUT2D eigenvalue weighted by molar-refractivity contribution is 0.191. The molecule has 0 saturated carbocycles. The summed E-state index contributed by atoms with van der Waals surface area (Å²) in [5.41, 5.74) is 7.23. The molecule has 5 rings (SSSR count). The van der Waals surface area contributed by atoms with Gasteiger partial charge in [-0.2, -0.15) is 0 Å². The molecule has 2 aliphatic heterocycles. The van der Waals surface area contributed by atoms with E-state index < -0.39 is 10.8 Å². The smallest absolute Gasteiger partial charge is 0.127 e. The third-order valence-electron chi connectivity index (χ3n) is 6.24. The largest absolute Gasteiger partial charge is 0.493 e. The number of nitrogens with one attached hydrogen (secondary N) is 1. The van der Waals surface area contributed by atoms with Crippen molar-refractivity contribution in [2.24, 2.45) is 0 Å². The van der Waals surface area contributed by atoms with E-state index in [9.17, 15) is 4.21 Å². The van der Waals surface area contributed by atoms with Crippen LogP contribution < -0.4 is 14.8 Å². The first kappa shape index (κ1) is 21.1. The third-order valence-corrected chi connectivity index (χ3v) is 7.62. The van der Waals surface area contributed by atoms with Crippen molar-refractivity contribution in [2.45, 2.75) is 38.8 Å². The number of para-hydroxylation sites is 1. The van der Waals surface area contributed by atoms with Gasteiger partial charge in [0.15, 0.2) is 0 Å². The summed E-state index contributed by atoms with van der Waals surface area (Å²) in [6.07, 6.45) is 2.75. The molecule has 0 aliphatic carbocycles. The van der Waals surface area contributed by atoms with Crippen molar-refractivity contribution >= 4 is 16.5 Å². The minimum absolute atomic E-state index is 0.162. The zero-order chi connectivity index (χ0) is 21.9. The molecular weight excluding hydrogens is 418 g/mol. The third kappa shape index (κ3) is 4.68. The van der Waals surface area contributed by atoms with Gasteiger partial charge in [-0.1, -0.05) is 24.3 Å². The number of rotatable bonds is 5. The van der Waals surface area contributed by atoms with E-state index in [1.54, 1.807) is 0 Å². The normalized spacial score (nSPS) is 19.8. The molecule has 1 saturated heterocycles. The molecule has 1 N–H and O–H groups in total. The van der Waals surface area contributed by atoms with Gasteiger partial charge in [0.25, 0.3) is 0 Å². The molecule has 0 unspecified atom stereocenters. The molecule has 4 nitrogen and oxygen atoms in total. The van der Waals surface area contributed by atoms with Gasteiger partial charge >= 0.3 is 0 Å². The van der Waals surface area contributed by atoms with Gasteiger partial charge in [-0.15, -0.1) is 0 Å². The summed E-state index contributed by atoms with van der Waals surface area (Å²) in [7, 11) is -0.671. The van der Waals surface area contributed by atoms with Gasteiger partial charge in [0.05, 0.1) is 6.61 Å². The van der Waals surface area contributed by atoms with E-state index in [1.165, 1.54) is 22.3 Å². The lowest BCUT2D eigenvalue weighted by Gasteiger charge is -2.24. The lowest BCUT2D eigenvalue weighted by Crippen LogP contribution is -2.27. The maximum atomic E-state index is 11.7. The molecular formula is C27H29NO3S. The van der Waals surface area contributed by atoms with Crippen LogP contribution in [0.1, 0.15) is 29.5 Å². The van der Waals surface area contributed by atoms with Crippen molar-refractivity contribution < 1.29 is 13.7 Å². The Morgan fingerprint density at radius 2 is 1.88 bits per heavy atom. The van der Waals surface area contributed by atoms with Crippen LogP contribution in [0.2, 0.25) is 0 Å². The Bertz CT molecular complexity index is 1120. The molecule has 2 aliphatic rings. The van der Waals surface area contributed by atoms with Gasteiger partial charge in [0, 0.05) is 46.5 Å². The zero-order valence-electron chi connectivity index (χ0n) is 18.4. The van der Waals surface area contributed by atoms with Crippen molar-refractivity contribution in [1.29, 1.82) is 0 Å². The van der Waals surface area contributed by atoms with E-state index in [4.69, 9.17) is 9.47 Å². The number of benzene rings is 3. The van der Waals surface area contributed by atoms with E-state index in [0.29, 0.717) is 6.61 Å². The second-order valence-corrected chi connectivity index (χ2v) is 10.3. The number of hydrogen-bond acceptors (Lipinski definition) is 4. The molecule has 0 amide bonds. The number of ether oxygens (including phenoxy) is 2. The maximum absolute atomic E-state index is 11.7. The highest BCUT2D eigenvalue weighted by Crippen LogP contribution is 2.40. The van der Waals surface area contributed by atoms with Crippen molar-refractivity contribution in [2.75, 3.05) is 23.4 Å². The predicted molar refractivity (Wildman–Crippen MR) is 131 cm³/mol. The predicted octanol–water partition coefficient (Wildman–Crippen LogP) is 5.50. The van der Waals surface area contributed by atoms with Crippen molar-refractivity contribution in [3.63, 3.8) is 0 Å². The fourth-order valence-corrected chi connectivity index (χ4v) is 5.85. The molecule has 0 atom stereocenters. The minimum Gasteiger partial charge on any atom is -0.493 e. The fraction of sp³-hybridized carbons (Fsp3) is 0.333. The summed E-state index contributed by atoms with van der Waals surface area (Å²) in [6.45, 7) is 3.58. The van der Waals surface area contributed by atoms with Crippen LogP contribution in [0.4, 0.5) is 5.69 Å². The Labute approximate surface area is 192 Å². The molecule has 0 aromatic heterocycles. The second kappa shape index (κ2) is 9.37. The minimum atomic E-state index is -0.671. The number of aryl methyl sites for hydroxylation is 1. The van der Waals surface area contributed by atoms with E-state index in [2.05, 4.69) is 54.7 Å². The summed E-state index contributed by atoms with van der Waals surface area (Å²) in [5, 5.41) is 3.50. The summed E-state index contributed by atoms with van der Waals surface area (Å²) < 4.78 is 24.1. The number of fused-ring (bicyclic) bond motifs is 3. The van der Waals surface area contributed by atoms with Gasteiger partial charge in [-0.3, -0.25) is 4.21 Å². The fourth-order valence-electron chi connectivity index (χ4n) is 4.60. The average Bonchev–Trinajstić information content (AvgIpc) is 2.99. The van der Waals surface area contributed by atoms with E-state index >= 15 is 0 Å². The van der Waals surface area contributed by atoms with E-state index in [-0.39, 0.29) is 6.10 Å². The Morgan fingerprint density at radius 3 is 2.69 bits per heavy atom. The molecule has 32 heavy (non-hydrogen) atoms. The van der Waals surface area contributed by atoms with Crippen LogP contribution >= 0.6 is 0 Å². The van der Waals surface area contributed by atoms with Crippen LogP contribution in [0.5, 0.6) is 11.5 Å². The quantitative estimate of drug-likeness (QED) is 0.561. The lowest BCUT2D eigenvalue weighted by atomic mass is 9.92. The molecule has 166 valence electrons. The second-order valence-electron chi connectivity index (χ2n) is 8.59. The Balaban J connectivity index is 1.41. The van der Waals surface area contributed by atoms with Crippen LogP contribution in [-0.2, 0) is 23.8 Å². The Morgan fingerprint density at radius 1 is 1.06 bits per heavy atom. The molecule has 3 aromatic rings. The van der Waals surface area contributed by atoms with E-state index in [1.807, 2.05) is 18.2 Å². The van der Waals surface area contributed by atoms with Crippen LogP contribution in [-0.4, -0.2) is 28.4 Å². The first-order chi connectivity index (χ1) is 15.7. The monoisotopic (exact) mass is 447 g/mol. The Kier molecular flexibility index (Phi) is 6.17. The highest BCUT2D eigenvalue weighted by atomic mass is 32.2. The summed E-state index contributed by atoms with van der Waals surface area (Å²) in [5.74, 6) is 3.36. The molecule has 0 spiro atoms. The molecule has 0 bridgehead atoms. The molecule has 2 heterocycles. The molecule has 0 radical (unpaired) electrons. The zero-order valence-corrected chi connectivity index (χ0v) is 19.3. The molecule has 1 fully saturated rings. The van der Waals surface area contributed by atoms with Gasteiger partial charge in [0.1, 0.15) is 17.6 Å². The summed E-state index contributed by atoms with van der Waals surface area (Å²) >= 11 is 0. The molecule has 5 heteroatoms. The van der Waals surface area contributed by atoms with Gasteiger partial charge in [-0.25, -0.2) is 0 Å². The number of hydrogen-bond donors (Lipinski definition) is 1. The first-order valence-electron chi connectivity index (χ1n) is 11.4. The van der Waals surface area contributed by atoms with Gasteiger partial charge in [0.2, 0.25) is 0 Å². The maximum Gasteiger partial charge on any atom is 0.127 e. The van der Waals surface area contributed by atoms with Gasteiger partial charge in [-0.05, 0) is 78.4 Å². The van der Waals surface area contributed by atoms with Crippen molar-refractivity contribution in [3.05, 3.63) is 77.4 Å². The standard InChI is InChI=1S/C27H29NO3S/c1-19-15-24(31-23-10-13-32(29)14-11-23)17-21-9-12-30-26-8-7-20(16-25(26)27(19)21)18-28-22-5-3-2-4-6-22/h2-8,15-17,23,28H,9-14,18H2,1H3. The summed E-state index contributed by atoms with van der Waals surface area (Å²) in [4.78, 5) is 0. The van der Waals surface area contributed by atoms with Crippen molar-refractivity contribution in [3.8, 4) is 22.6 Å². The van der Waals surface area contributed by atoms with Crippen LogP contribution in [0.25, 0.3) is 11.1 Å². The average molecular weight is 448 g/mol. The van der Waals surface area contributed by atoms with Crippen LogP contribution in [0, 0.1) is 6.92 Å². The number of anilines is 1. The first-order valence-corrected chi connectivity index (χ1v) is 12.8. The van der Waals surface area contributed by atoms with Crippen molar-refractivity contribution in [1.82, 2.24) is 0 Å². The topological polar surface area (TPSA) is 47.6 Å². The van der Waals surface area contributed by atoms with E-state index in [0.717, 1.165) is 60.1 Å². The highest BCUT2D eigenvalue weighted by molar-refractivity contribution is 7.85. The highest BCUT2D eigenvalue weighted by Gasteiger charge is 2.22. The Hall–Kier alpha value is -2.79. The molecule has 3 aromatic carbocycles. The SMILES string of the molecule is Cc1cc(OC2CCS(=O)CC2)cc2c1-c1cc(CNc3ccccc3)ccc1OCC2. The summed E-state index contributed by atoms with van der Waals surface area (Å²) in [6, 6.07) is 21.1.